The van der Waals surface area contributed by atoms with Crippen molar-refractivity contribution in [3.8, 4) is 0 Å². The van der Waals surface area contributed by atoms with Crippen LogP contribution in [0.15, 0.2) is 0 Å². The van der Waals surface area contributed by atoms with Crippen molar-refractivity contribution in [1.29, 1.82) is 0 Å². The average molecular weight is 210 g/mol. The van der Waals surface area contributed by atoms with Crippen LogP contribution in [0.5, 0.6) is 0 Å². The first kappa shape index (κ1) is 10.0. The molecule has 7 heteroatoms. The minimum absolute atomic E-state index is 0.0935. The Morgan fingerprint density at radius 3 is 2.93 bits per heavy atom. The number of hydrogen-bond acceptors (Lipinski definition) is 5. The second-order valence-electron chi connectivity index (χ2n) is 3.79. The lowest BCUT2D eigenvalue weighted by Crippen LogP contribution is -2.43. The van der Waals surface area contributed by atoms with Crippen molar-refractivity contribution in [2.45, 2.75) is 18.9 Å². The van der Waals surface area contributed by atoms with Gasteiger partial charge in [-0.25, -0.2) is 0 Å². The molecule has 1 atom stereocenters. The summed E-state index contributed by atoms with van der Waals surface area (Å²) in [6.45, 7) is 0.477. The number of carbonyl (C=O) groups is 1. The molecule has 2 rings (SSSR count). The molecule has 0 radical (unpaired) electrons. The summed E-state index contributed by atoms with van der Waals surface area (Å²) in [7, 11) is 1.73. The largest absolute Gasteiger partial charge is 0.334 e. The zero-order chi connectivity index (χ0) is 10.8. The summed E-state index contributed by atoms with van der Waals surface area (Å²) in [6.07, 6.45) is 2.29. The second kappa shape index (κ2) is 3.93. The SMILES string of the molecule is CN(C(=O)c1nn[nH]n1)C(CN)C1CC1. The summed E-state index contributed by atoms with van der Waals surface area (Å²) in [6, 6.07) is 0.0935. The van der Waals surface area contributed by atoms with E-state index in [4.69, 9.17) is 5.73 Å². The molecule has 1 saturated carbocycles. The van der Waals surface area contributed by atoms with Crippen LogP contribution in [0.4, 0.5) is 0 Å². The number of tetrazole rings is 1. The fraction of sp³-hybridized carbons (Fsp3) is 0.750. The van der Waals surface area contributed by atoms with Crippen LogP contribution >= 0.6 is 0 Å². The normalized spacial score (nSPS) is 17.5. The maximum absolute atomic E-state index is 11.8. The van der Waals surface area contributed by atoms with Crippen LogP contribution in [0.2, 0.25) is 0 Å². The molecule has 3 N–H and O–H groups in total. The first-order valence-corrected chi connectivity index (χ1v) is 4.94. The number of rotatable bonds is 4. The molecule has 0 aliphatic heterocycles. The van der Waals surface area contributed by atoms with E-state index < -0.39 is 0 Å². The molecule has 1 aromatic rings. The fourth-order valence-electron chi connectivity index (χ4n) is 1.71. The highest BCUT2D eigenvalue weighted by molar-refractivity contribution is 5.90. The smallest absolute Gasteiger partial charge is 0.295 e. The third-order valence-electron chi connectivity index (χ3n) is 2.76. The van der Waals surface area contributed by atoms with Gasteiger partial charge in [0.1, 0.15) is 0 Å². The predicted octanol–water partition coefficient (Wildman–Crippen LogP) is -0.991. The van der Waals surface area contributed by atoms with Crippen LogP contribution in [0.1, 0.15) is 23.5 Å². The molecule has 0 saturated heterocycles. The van der Waals surface area contributed by atoms with Gasteiger partial charge in [0.05, 0.1) is 0 Å². The zero-order valence-electron chi connectivity index (χ0n) is 8.55. The highest BCUT2D eigenvalue weighted by Crippen LogP contribution is 2.34. The minimum atomic E-state index is -0.230. The maximum Gasteiger partial charge on any atom is 0.295 e. The molecule has 0 bridgehead atoms. The Hall–Kier alpha value is -1.50. The van der Waals surface area contributed by atoms with Crippen LogP contribution in [0.25, 0.3) is 0 Å². The van der Waals surface area contributed by atoms with E-state index in [-0.39, 0.29) is 17.8 Å². The summed E-state index contributed by atoms with van der Waals surface area (Å²) in [5.41, 5.74) is 5.65. The molecular weight excluding hydrogens is 196 g/mol. The molecule has 1 unspecified atom stereocenters. The van der Waals surface area contributed by atoms with Crippen LogP contribution in [0.3, 0.4) is 0 Å². The Bertz CT molecular complexity index is 333. The van der Waals surface area contributed by atoms with Crippen molar-refractivity contribution < 1.29 is 4.79 Å². The molecule has 1 aliphatic carbocycles. The topological polar surface area (TPSA) is 101 Å². The summed E-state index contributed by atoms with van der Waals surface area (Å²) in [4.78, 5) is 13.4. The van der Waals surface area contributed by atoms with E-state index in [0.29, 0.717) is 12.5 Å². The van der Waals surface area contributed by atoms with Crippen molar-refractivity contribution in [2.75, 3.05) is 13.6 Å². The maximum atomic E-state index is 11.8. The molecule has 15 heavy (non-hydrogen) atoms. The van der Waals surface area contributed by atoms with E-state index in [2.05, 4.69) is 20.6 Å². The van der Waals surface area contributed by atoms with Gasteiger partial charge < -0.3 is 10.6 Å². The predicted molar refractivity (Wildman–Crippen MR) is 51.8 cm³/mol. The number of aromatic amines is 1. The van der Waals surface area contributed by atoms with Gasteiger partial charge in [-0.05, 0) is 24.0 Å². The highest BCUT2D eigenvalue weighted by atomic mass is 16.2. The number of nitrogens with zero attached hydrogens (tertiary/aromatic N) is 4. The van der Waals surface area contributed by atoms with Gasteiger partial charge in [-0.15, -0.1) is 10.2 Å². The molecule has 1 heterocycles. The first-order chi connectivity index (χ1) is 7.24. The molecule has 1 fully saturated rings. The van der Waals surface area contributed by atoms with Crippen LogP contribution in [0, 0.1) is 5.92 Å². The monoisotopic (exact) mass is 210 g/mol. The lowest BCUT2D eigenvalue weighted by atomic mass is 10.1. The summed E-state index contributed by atoms with van der Waals surface area (Å²) in [5.74, 6) is 0.401. The highest BCUT2D eigenvalue weighted by Gasteiger charge is 2.35. The molecule has 1 amide bonds. The number of likely N-dealkylation sites (N-methyl/N-ethyl adjacent to an activating group) is 1. The summed E-state index contributed by atoms with van der Waals surface area (Å²) >= 11 is 0. The van der Waals surface area contributed by atoms with E-state index in [1.54, 1.807) is 11.9 Å². The molecule has 1 aromatic heterocycles. The lowest BCUT2D eigenvalue weighted by Gasteiger charge is -2.25. The van der Waals surface area contributed by atoms with E-state index in [1.807, 2.05) is 0 Å². The van der Waals surface area contributed by atoms with Crippen molar-refractivity contribution in [3.05, 3.63) is 5.82 Å². The molecule has 7 nitrogen and oxygen atoms in total. The lowest BCUT2D eigenvalue weighted by molar-refractivity contribution is 0.0706. The van der Waals surface area contributed by atoms with E-state index in [9.17, 15) is 4.79 Å². The van der Waals surface area contributed by atoms with E-state index in [1.165, 1.54) is 0 Å². The number of carbonyl (C=O) groups excluding carboxylic acids is 1. The Kier molecular flexibility index (Phi) is 2.63. The van der Waals surface area contributed by atoms with Gasteiger partial charge in [-0.3, -0.25) is 4.79 Å². The third-order valence-corrected chi connectivity index (χ3v) is 2.76. The minimum Gasteiger partial charge on any atom is -0.334 e. The standard InChI is InChI=1S/C8H14N6O/c1-14(6(4-9)5-2-3-5)8(15)7-10-12-13-11-7/h5-6H,2-4,9H2,1H3,(H,10,11,12,13). The van der Waals surface area contributed by atoms with Gasteiger partial charge in [-0.2, -0.15) is 5.21 Å². The Morgan fingerprint density at radius 1 is 1.73 bits per heavy atom. The van der Waals surface area contributed by atoms with Gasteiger partial charge in [0, 0.05) is 19.6 Å². The molecule has 1 aliphatic rings. The van der Waals surface area contributed by atoms with Crippen molar-refractivity contribution in [1.82, 2.24) is 25.5 Å². The zero-order valence-corrected chi connectivity index (χ0v) is 8.55. The van der Waals surface area contributed by atoms with Crippen LogP contribution in [-0.2, 0) is 0 Å². The fourth-order valence-corrected chi connectivity index (χ4v) is 1.71. The Morgan fingerprint density at radius 2 is 2.47 bits per heavy atom. The Balaban J connectivity index is 2.05. The molecule has 0 spiro atoms. The number of nitrogens with one attached hydrogen (secondary N) is 1. The van der Waals surface area contributed by atoms with Crippen molar-refractivity contribution in [2.24, 2.45) is 11.7 Å². The first-order valence-electron chi connectivity index (χ1n) is 4.94. The van der Waals surface area contributed by atoms with Crippen molar-refractivity contribution in [3.63, 3.8) is 0 Å². The van der Waals surface area contributed by atoms with Gasteiger partial charge in [-0.1, -0.05) is 0 Å². The van der Waals surface area contributed by atoms with Gasteiger partial charge in [0.15, 0.2) is 0 Å². The van der Waals surface area contributed by atoms with Gasteiger partial charge in [0.25, 0.3) is 11.7 Å². The van der Waals surface area contributed by atoms with Gasteiger partial charge >= 0.3 is 0 Å². The average Bonchev–Trinajstić information content (AvgIpc) is 2.93. The Labute approximate surface area is 87.0 Å². The number of nitrogens with two attached hydrogens (primary N) is 1. The van der Waals surface area contributed by atoms with Crippen molar-refractivity contribution >= 4 is 5.91 Å². The molecular formula is C8H14N6O. The summed E-state index contributed by atoms with van der Waals surface area (Å²) in [5, 5.41) is 12.9. The molecule has 82 valence electrons. The summed E-state index contributed by atoms with van der Waals surface area (Å²) < 4.78 is 0. The van der Waals surface area contributed by atoms with Crippen LogP contribution < -0.4 is 5.73 Å². The number of amides is 1. The number of hydrogen-bond donors (Lipinski definition) is 2. The number of aromatic nitrogens is 4. The molecule has 0 aromatic carbocycles. The van der Waals surface area contributed by atoms with E-state index >= 15 is 0 Å². The third kappa shape index (κ3) is 1.96. The van der Waals surface area contributed by atoms with Crippen LogP contribution in [-0.4, -0.2) is 51.1 Å². The number of H-pyrrole nitrogens is 1. The quantitative estimate of drug-likeness (QED) is 0.664. The van der Waals surface area contributed by atoms with Gasteiger partial charge in [0.2, 0.25) is 0 Å². The van der Waals surface area contributed by atoms with E-state index in [0.717, 1.165) is 12.8 Å². The second-order valence-corrected chi connectivity index (χ2v) is 3.79.